The highest BCUT2D eigenvalue weighted by molar-refractivity contribution is 7.77. The van der Waals surface area contributed by atoms with Crippen molar-refractivity contribution in [1.82, 2.24) is 4.72 Å². The summed E-state index contributed by atoms with van der Waals surface area (Å²) in [6.45, 7) is 3.69. The number of nitrogens with one attached hydrogen (secondary N) is 1. The zero-order valence-corrected chi connectivity index (χ0v) is 10.1. The van der Waals surface area contributed by atoms with E-state index < -0.39 is 11.3 Å². The normalized spacial score (nSPS) is 25.4. The van der Waals surface area contributed by atoms with Crippen molar-refractivity contribution in [3.63, 3.8) is 0 Å². The van der Waals surface area contributed by atoms with Crippen LogP contribution in [0.3, 0.4) is 0 Å². The van der Waals surface area contributed by atoms with Gasteiger partial charge in [0.05, 0.1) is 5.70 Å². The second-order valence-corrected chi connectivity index (χ2v) is 4.73. The SMILES string of the molecule is CC1=C(Cl)C(C)CC(Cl)=C1NS(=O)[O-]. The molecule has 2 atom stereocenters. The largest absolute Gasteiger partial charge is 0.755 e. The quantitative estimate of drug-likeness (QED) is 0.770. The Bertz CT molecular complexity index is 338. The predicted molar refractivity (Wildman–Crippen MR) is 57.3 cm³/mol. The molecule has 0 saturated carbocycles. The molecule has 2 unspecified atom stereocenters. The minimum atomic E-state index is -2.37. The first kappa shape index (κ1) is 12.0. The molecule has 0 aliphatic heterocycles. The van der Waals surface area contributed by atoms with Gasteiger partial charge in [-0.2, -0.15) is 0 Å². The minimum Gasteiger partial charge on any atom is -0.755 e. The van der Waals surface area contributed by atoms with Gasteiger partial charge in [-0.25, -0.2) is 0 Å². The van der Waals surface area contributed by atoms with E-state index in [1.54, 1.807) is 6.92 Å². The van der Waals surface area contributed by atoms with Crippen molar-refractivity contribution < 1.29 is 8.76 Å². The van der Waals surface area contributed by atoms with Crippen molar-refractivity contribution in [2.24, 2.45) is 5.92 Å². The van der Waals surface area contributed by atoms with Crippen molar-refractivity contribution in [1.29, 1.82) is 0 Å². The van der Waals surface area contributed by atoms with Crippen LogP contribution in [0.2, 0.25) is 0 Å². The van der Waals surface area contributed by atoms with E-state index in [4.69, 9.17) is 23.2 Å². The van der Waals surface area contributed by atoms with Gasteiger partial charge in [0.25, 0.3) is 0 Å². The molecule has 0 aromatic carbocycles. The second-order valence-electron chi connectivity index (χ2n) is 3.19. The van der Waals surface area contributed by atoms with E-state index in [-0.39, 0.29) is 5.92 Å². The molecule has 6 heteroatoms. The highest BCUT2D eigenvalue weighted by Gasteiger charge is 2.22. The summed E-state index contributed by atoms with van der Waals surface area (Å²) >= 11 is 9.57. The Labute approximate surface area is 95.6 Å². The second kappa shape index (κ2) is 4.66. The Hall–Kier alpha value is -0.0300. The van der Waals surface area contributed by atoms with Crippen LogP contribution in [0.5, 0.6) is 0 Å². The average molecular weight is 255 g/mol. The molecule has 0 radical (unpaired) electrons. The van der Waals surface area contributed by atoms with E-state index in [1.165, 1.54) is 0 Å². The Morgan fingerprint density at radius 1 is 1.57 bits per heavy atom. The summed E-state index contributed by atoms with van der Waals surface area (Å²) in [7, 11) is 0. The highest BCUT2D eigenvalue weighted by Crippen LogP contribution is 2.36. The van der Waals surface area contributed by atoms with E-state index in [1.807, 2.05) is 6.92 Å². The minimum absolute atomic E-state index is 0.148. The summed E-state index contributed by atoms with van der Waals surface area (Å²) in [5, 5.41) is 1.16. The van der Waals surface area contributed by atoms with Crippen LogP contribution < -0.4 is 4.72 Å². The fourth-order valence-electron chi connectivity index (χ4n) is 1.37. The molecule has 0 amide bonds. The van der Waals surface area contributed by atoms with Gasteiger partial charge in [-0.15, -0.1) is 0 Å². The molecular weight excluding hydrogens is 245 g/mol. The van der Waals surface area contributed by atoms with Crippen LogP contribution in [0.4, 0.5) is 0 Å². The highest BCUT2D eigenvalue weighted by atomic mass is 35.5. The van der Waals surface area contributed by atoms with E-state index in [2.05, 4.69) is 4.72 Å². The first-order valence-corrected chi connectivity index (χ1v) is 5.87. The first-order chi connectivity index (χ1) is 6.43. The topological polar surface area (TPSA) is 52.2 Å². The van der Waals surface area contributed by atoms with Crippen LogP contribution in [-0.4, -0.2) is 8.76 Å². The summed E-state index contributed by atoms with van der Waals surface area (Å²) in [5.74, 6) is 0.148. The summed E-state index contributed by atoms with van der Waals surface area (Å²) in [4.78, 5) is 0. The van der Waals surface area contributed by atoms with Crippen molar-refractivity contribution >= 4 is 34.5 Å². The van der Waals surface area contributed by atoms with Gasteiger partial charge in [0.2, 0.25) is 0 Å². The number of rotatable bonds is 2. The van der Waals surface area contributed by atoms with E-state index in [0.29, 0.717) is 27.8 Å². The fraction of sp³-hybridized carbons (Fsp3) is 0.500. The van der Waals surface area contributed by atoms with Gasteiger partial charge in [0.15, 0.2) is 0 Å². The Balaban J connectivity index is 3.03. The summed E-state index contributed by atoms with van der Waals surface area (Å²) in [5.41, 5.74) is 1.10. The zero-order chi connectivity index (χ0) is 10.9. The van der Waals surface area contributed by atoms with Gasteiger partial charge in [0, 0.05) is 21.3 Å². The molecule has 0 spiro atoms. The lowest BCUT2D eigenvalue weighted by Crippen LogP contribution is -2.21. The molecule has 0 fully saturated rings. The van der Waals surface area contributed by atoms with Crippen molar-refractivity contribution in [2.45, 2.75) is 20.3 Å². The Morgan fingerprint density at radius 2 is 2.14 bits per heavy atom. The fourth-order valence-corrected chi connectivity index (χ4v) is 2.46. The molecular formula is C8H10Cl2NO2S-. The average Bonchev–Trinajstić information content (AvgIpc) is 2.09. The molecule has 0 heterocycles. The summed E-state index contributed by atoms with van der Waals surface area (Å²) < 4.78 is 23.2. The number of allylic oxidation sites excluding steroid dienone is 3. The molecule has 80 valence electrons. The van der Waals surface area contributed by atoms with Crippen molar-refractivity contribution in [2.75, 3.05) is 0 Å². The third-order valence-corrected chi connectivity index (χ3v) is 3.48. The predicted octanol–water partition coefficient (Wildman–Crippen LogP) is 2.37. The molecule has 1 aliphatic rings. The molecule has 0 saturated heterocycles. The third kappa shape index (κ3) is 2.51. The molecule has 0 bridgehead atoms. The maximum atomic E-state index is 10.5. The van der Waals surface area contributed by atoms with Gasteiger partial charge >= 0.3 is 0 Å². The molecule has 3 nitrogen and oxygen atoms in total. The lowest BCUT2D eigenvalue weighted by atomic mass is 9.96. The van der Waals surface area contributed by atoms with Gasteiger partial charge in [0.1, 0.15) is 0 Å². The smallest absolute Gasteiger partial charge is 0.0638 e. The number of halogens is 2. The zero-order valence-electron chi connectivity index (χ0n) is 7.77. The molecule has 0 aromatic rings. The molecule has 14 heavy (non-hydrogen) atoms. The summed E-state index contributed by atoms with van der Waals surface area (Å²) in [6, 6.07) is 0. The maximum absolute atomic E-state index is 10.5. The molecule has 0 aromatic heterocycles. The molecule has 1 aliphatic carbocycles. The lowest BCUT2D eigenvalue weighted by molar-refractivity contribution is 0.528. The van der Waals surface area contributed by atoms with Crippen LogP contribution in [0.1, 0.15) is 20.3 Å². The van der Waals surface area contributed by atoms with E-state index in [9.17, 15) is 8.76 Å². The van der Waals surface area contributed by atoms with Crippen LogP contribution in [0.15, 0.2) is 21.3 Å². The maximum Gasteiger partial charge on any atom is 0.0638 e. The number of hydrogen-bond donors (Lipinski definition) is 1. The molecule has 1 rings (SSSR count). The lowest BCUT2D eigenvalue weighted by Gasteiger charge is -2.24. The van der Waals surface area contributed by atoms with Crippen LogP contribution in [-0.2, 0) is 11.3 Å². The van der Waals surface area contributed by atoms with Gasteiger partial charge in [-0.3, -0.25) is 4.21 Å². The van der Waals surface area contributed by atoms with Crippen LogP contribution in [0.25, 0.3) is 0 Å². The first-order valence-electron chi connectivity index (χ1n) is 4.04. The Morgan fingerprint density at radius 3 is 2.64 bits per heavy atom. The van der Waals surface area contributed by atoms with E-state index >= 15 is 0 Å². The monoisotopic (exact) mass is 254 g/mol. The van der Waals surface area contributed by atoms with Crippen molar-refractivity contribution in [3.8, 4) is 0 Å². The Kier molecular flexibility index (Phi) is 4.01. The van der Waals surface area contributed by atoms with Gasteiger partial charge < -0.3 is 9.27 Å². The van der Waals surface area contributed by atoms with Crippen molar-refractivity contribution in [3.05, 3.63) is 21.3 Å². The van der Waals surface area contributed by atoms with Gasteiger partial charge in [-0.05, 0) is 24.8 Å². The molecule has 1 N–H and O–H groups in total. The third-order valence-electron chi connectivity index (χ3n) is 2.11. The number of hydrogen-bond acceptors (Lipinski definition) is 2. The van der Waals surface area contributed by atoms with E-state index in [0.717, 1.165) is 0 Å². The van der Waals surface area contributed by atoms with Crippen LogP contribution >= 0.6 is 23.2 Å². The van der Waals surface area contributed by atoms with Gasteiger partial charge in [-0.1, -0.05) is 30.1 Å². The summed E-state index contributed by atoms with van der Waals surface area (Å²) in [6.07, 6.45) is 0.567. The standard InChI is InChI=1S/C8H11Cl2NO2S/c1-4-3-6(9)8(11-14(12)13)5(2)7(4)10/h4,11H,3H2,1-2H3,(H,12,13)/p-1. The van der Waals surface area contributed by atoms with Crippen LogP contribution in [0, 0.1) is 5.92 Å².